The van der Waals surface area contributed by atoms with Crippen LogP contribution in [0.25, 0.3) is 0 Å². The monoisotopic (exact) mass is 174 g/mol. The number of nitrogens with one attached hydrogen (secondary N) is 1. The molecule has 0 bridgehead atoms. The van der Waals surface area contributed by atoms with Crippen molar-refractivity contribution in [2.45, 2.75) is 0 Å². The van der Waals surface area contributed by atoms with Crippen LogP contribution < -0.4 is 5.32 Å². The second kappa shape index (κ2) is 3.52. The van der Waals surface area contributed by atoms with Gasteiger partial charge in [0, 0.05) is 5.69 Å². The molecule has 0 heterocycles. The van der Waals surface area contributed by atoms with Crippen molar-refractivity contribution in [3.8, 4) is 0 Å². The van der Waals surface area contributed by atoms with E-state index in [0.29, 0.717) is 5.69 Å². The van der Waals surface area contributed by atoms with E-state index in [0.717, 1.165) is 0 Å². The van der Waals surface area contributed by atoms with Gasteiger partial charge in [0.05, 0.1) is 0 Å². The summed E-state index contributed by atoms with van der Waals surface area (Å²) in [4.78, 5) is 0. The van der Waals surface area contributed by atoms with Gasteiger partial charge in [0.25, 0.3) is 0 Å². The summed E-state index contributed by atoms with van der Waals surface area (Å²) in [6.45, 7) is -4.74. The molecule has 0 amide bonds. The maximum atomic E-state index is 11.7. The van der Waals surface area contributed by atoms with Gasteiger partial charge in [-0.3, -0.25) is 0 Å². The number of anilines is 1. The van der Waals surface area contributed by atoms with Gasteiger partial charge in [-0.15, -0.1) is 0 Å². The lowest BCUT2D eigenvalue weighted by Gasteiger charge is -2.15. The van der Waals surface area contributed by atoms with E-state index in [1.54, 1.807) is 30.3 Å². The summed E-state index contributed by atoms with van der Waals surface area (Å²) < 4.78 is 35.2. The van der Waals surface area contributed by atoms with Crippen LogP contribution in [-0.4, -0.2) is 13.4 Å². The van der Waals surface area contributed by atoms with E-state index >= 15 is 0 Å². The van der Waals surface area contributed by atoms with Gasteiger partial charge in [0.1, 0.15) is 0 Å². The first-order valence-electron chi connectivity index (χ1n) is 3.58. The van der Waals surface area contributed by atoms with E-state index in [-0.39, 0.29) is 0 Å². The summed E-state index contributed by atoms with van der Waals surface area (Å²) in [6, 6.07) is 8.32. The Bertz CT molecular complexity index is 234. The summed E-state index contributed by atoms with van der Waals surface area (Å²) in [5.41, 5.74) is 0.497. The van der Waals surface area contributed by atoms with Gasteiger partial charge in [0.15, 0.2) is 0 Å². The van der Waals surface area contributed by atoms with Gasteiger partial charge in [-0.2, -0.15) is 0 Å². The molecule has 0 aliphatic rings. The normalized spacial score (nSPS) is 11.2. The van der Waals surface area contributed by atoms with E-state index in [9.17, 15) is 12.9 Å². The summed E-state index contributed by atoms with van der Waals surface area (Å²) in [7, 11) is 0. The van der Waals surface area contributed by atoms with Crippen molar-refractivity contribution < 1.29 is 12.9 Å². The van der Waals surface area contributed by atoms with Crippen molar-refractivity contribution in [3.63, 3.8) is 0 Å². The molecule has 12 heavy (non-hydrogen) atoms. The first-order valence-corrected chi connectivity index (χ1v) is 3.58. The molecule has 1 N–H and O–H groups in total. The largest absolute Gasteiger partial charge is 0.496 e. The number of hydrogen-bond donors (Lipinski definition) is 1. The molecule has 0 aliphatic heterocycles. The molecule has 0 saturated carbocycles. The molecule has 0 radical (unpaired) electrons. The van der Waals surface area contributed by atoms with E-state index in [1.807, 2.05) is 0 Å². The zero-order valence-corrected chi connectivity index (χ0v) is 6.31. The highest BCUT2D eigenvalue weighted by molar-refractivity contribution is 6.59. The minimum absolute atomic E-state index is 0.497. The fourth-order valence-corrected chi connectivity index (χ4v) is 0.790. The predicted octanol–water partition coefficient (Wildman–Crippen LogP) is 2.49. The first-order chi connectivity index (χ1) is 5.58. The Kier molecular flexibility index (Phi) is 2.63. The Balaban J connectivity index is 2.44. The highest BCUT2D eigenvalue weighted by Crippen LogP contribution is 2.11. The van der Waals surface area contributed by atoms with Crippen molar-refractivity contribution in [3.05, 3.63) is 30.3 Å². The second-order valence-electron chi connectivity index (χ2n) is 2.46. The molecule has 0 aromatic heterocycles. The van der Waals surface area contributed by atoms with Gasteiger partial charge in [-0.1, -0.05) is 18.2 Å². The second-order valence-corrected chi connectivity index (χ2v) is 2.46. The summed E-state index contributed by atoms with van der Waals surface area (Å²) in [5.74, 6) is 0. The van der Waals surface area contributed by atoms with Crippen LogP contribution in [0.4, 0.5) is 18.6 Å². The van der Waals surface area contributed by atoms with Crippen LogP contribution in [0.5, 0.6) is 0 Å². The molecule has 5 heteroatoms. The fraction of sp³-hybridized carbons (Fsp3) is 0.143. The Morgan fingerprint density at radius 2 is 1.67 bits per heavy atom. The zero-order chi connectivity index (χ0) is 9.03. The molecule has 0 unspecified atom stereocenters. The van der Waals surface area contributed by atoms with Gasteiger partial charge >= 0.3 is 6.98 Å². The van der Waals surface area contributed by atoms with Crippen LogP contribution in [0.15, 0.2) is 30.3 Å². The molecule has 0 spiro atoms. The maximum Gasteiger partial charge on any atom is 0.496 e. The Morgan fingerprint density at radius 1 is 1.08 bits per heavy atom. The van der Waals surface area contributed by atoms with E-state index in [4.69, 9.17) is 0 Å². The van der Waals surface area contributed by atoms with Crippen LogP contribution in [0.3, 0.4) is 0 Å². The topological polar surface area (TPSA) is 12.0 Å². The summed E-state index contributed by atoms with van der Waals surface area (Å²) >= 11 is 0. The third-order valence-corrected chi connectivity index (χ3v) is 1.31. The van der Waals surface area contributed by atoms with E-state index < -0.39 is 13.4 Å². The van der Waals surface area contributed by atoms with Crippen molar-refractivity contribution in [2.75, 3.05) is 11.8 Å². The summed E-state index contributed by atoms with van der Waals surface area (Å²) in [5, 5.41) is 2.29. The van der Waals surface area contributed by atoms with Crippen molar-refractivity contribution >= 4 is 12.7 Å². The Hall–Kier alpha value is -1.13. The van der Waals surface area contributed by atoms with Gasteiger partial charge in [0.2, 0.25) is 0 Å². The number of benzene rings is 1. The fourth-order valence-electron chi connectivity index (χ4n) is 0.790. The zero-order valence-electron chi connectivity index (χ0n) is 6.31. The highest BCUT2D eigenvalue weighted by atomic mass is 19.4. The number of halogens is 3. The van der Waals surface area contributed by atoms with Crippen LogP contribution in [0.2, 0.25) is 0 Å². The third kappa shape index (κ3) is 3.32. The van der Waals surface area contributed by atoms with Gasteiger partial charge in [-0.25, -0.2) is 0 Å². The van der Waals surface area contributed by atoms with E-state index in [1.165, 1.54) is 0 Å². The Labute approximate surface area is 68.6 Å². The quantitative estimate of drug-likeness (QED) is 0.694. The summed E-state index contributed by atoms with van der Waals surface area (Å²) in [6.07, 6.45) is -0.927. The average Bonchev–Trinajstić information content (AvgIpc) is 2.02. The molecule has 0 aliphatic carbocycles. The lowest BCUT2D eigenvalue weighted by Crippen LogP contribution is -2.27. The van der Waals surface area contributed by atoms with Crippen molar-refractivity contribution in [2.24, 2.45) is 0 Å². The first kappa shape index (κ1) is 8.97. The molecular weight excluding hydrogens is 166 g/mol. The number of rotatable bonds is 3. The standard InChI is InChI=1S/C7H8BF3N/c9-8(10,11)6-12-7-4-2-1-3-5-7/h1-5,12H,6H2/q-1. The third-order valence-electron chi connectivity index (χ3n) is 1.31. The SMILES string of the molecule is F[B-](F)(F)CNc1ccccc1. The molecule has 66 valence electrons. The molecular formula is C7H8BF3N-. The lowest BCUT2D eigenvalue weighted by molar-refractivity contribution is 0.476. The molecule has 1 aromatic rings. The van der Waals surface area contributed by atoms with Crippen LogP contribution in [-0.2, 0) is 0 Å². The smallest absolute Gasteiger partial charge is 0.448 e. The Morgan fingerprint density at radius 3 is 2.17 bits per heavy atom. The van der Waals surface area contributed by atoms with Crippen molar-refractivity contribution in [1.29, 1.82) is 0 Å². The molecule has 1 rings (SSSR count). The molecule has 0 saturated heterocycles. The lowest BCUT2D eigenvalue weighted by atomic mass is 9.92. The van der Waals surface area contributed by atoms with Gasteiger partial charge < -0.3 is 18.3 Å². The van der Waals surface area contributed by atoms with Crippen LogP contribution in [0, 0.1) is 0 Å². The van der Waals surface area contributed by atoms with Crippen molar-refractivity contribution in [1.82, 2.24) is 0 Å². The minimum Gasteiger partial charge on any atom is -0.448 e. The van der Waals surface area contributed by atoms with Crippen LogP contribution >= 0.6 is 0 Å². The van der Waals surface area contributed by atoms with Gasteiger partial charge in [-0.05, 0) is 18.6 Å². The maximum absolute atomic E-state index is 11.7. The van der Waals surface area contributed by atoms with E-state index in [2.05, 4.69) is 5.32 Å². The molecule has 1 aromatic carbocycles. The minimum atomic E-state index is -4.74. The average molecular weight is 174 g/mol. The highest BCUT2D eigenvalue weighted by Gasteiger charge is 2.21. The number of para-hydroxylation sites is 1. The molecule has 0 fully saturated rings. The molecule has 0 atom stereocenters. The number of hydrogen-bond acceptors (Lipinski definition) is 1. The molecule has 1 nitrogen and oxygen atoms in total. The van der Waals surface area contributed by atoms with Crippen LogP contribution in [0.1, 0.15) is 0 Å². The predicted molar refractivity (Wildman–Crippen MR) is 44.0 cm³/mol.